The quantitative estimate of drug-likeness (QED) is 0.494. The van der Waals surface area contributed by atoms with Gasteiger partial charge >= 0.3 is 5.97 Å². The van der Waals surface area contributed by atoms with Crippen molar-refractivity contribution in [1.82, 2.24) is 9.97 Å². The van der Waals surface area contributed by atoms with Crippen molar-refractivity contribution in [3.05, 3.63) is 97.0 Å². The van der Waals surface area contributed by atoms with Gasteiger partial charge in [0.1, 0.15) is 0 Å². The maximum atomic E-state index is 11.4. The van der Waals surface area contributed by atoms with E-state index < -0.39 is 5.97 Å². The number of rotatable bonds is 3. The summed E-state index contributed by atoms with van der Waals surface area (Å²) in [6, 6.07) is 15.2. The molecular formula is C24H17N3O2. The minimum atomic E-state index is -0.950. The van der Waals surface area contributed by atoms with Crippen molar-refractivity contribution < 1.29 is 9.90 Å². The first-order valence-electron chi connectivity index (χ1n) is 9.25. The first-order valence-corrected chi connectivity index (χ1v) is 9.25. The molecule has 0 bridgehead atoms. The molecule has 0 fully saturated rings. The van der Waals surface area contributed by atoms with E-state index >= 15 is 0 Å². The predicted molar refractivity (Wildman–Crippen MR) is 116 cm³/mol. The van der Waals surface area contributed by atoms with Crippen LogP contribution in [0.25, 0.3) is 33.1 Å². The number of nitrogens with one attached hydrogen (secondary N) is 1. The van der Waals surface area contributed by atoms with Gasteiger partial charge < -0.3 is 15.0 Å². The van der Waals surface area contributed by atoms with Gasteiger partial charge in [0.2, 0.25) is 0 Å². The zero-order valence-corrected chi connectivity index (χ0v) is 15.4. The molecule has 1 aliphatic rings. The molecule has 3 heterocycles. The smallest absolute Gasteiger partial charge is 0.335 e. The lowest BCUT2D eigenvalue weighted by Gasteiger charge is -2.20. The van der Waals surface area contributed by atoms with Gasteiger partial charge in [-0.15, -0.1) is 0 Å². The number of hydrogen-bond acceptors (Lipinski definition) is 3. The Morgan fingerprint density at radius 1 is 0.897 bits per heavy atom. The molecule has 5 rings (SSSR count). The van der Waals surface area contributed by atoms with Crippen LogP contribution >= 0.6 is 0 Å². The normalized spacial score (nSPS) is 13.3. The lowest BCUT2D eigenvalue weighted by Crippen LogP contribution is -2.09. The number of aromatic amines is 1. The van der Waals surface area contributed by atoms with Crippen molar-refractivity contribution in [2.45, 2.75) is 0 Å². The van der Waals surface area contributed by atoms with Crippen LogP contribution in [0.1, 0.15) is 10.4 Å². The van der Waals surface area contributed by atoms with E-state index in [1.807, 2.05) is 72.1 Å². The highest BCUT2D eigenvalue weighted by Crippen LogP contribution is 2.35. The molecule has 0 atom stereocenters. The molecule has 0 saturated heterocycles. The van der Waals surface area contributed by atoms with Crippen molar-refractivity contribution in [2.75, 3.05) is 4.90 Å². The van der Waals surface area contributed by atoms with E-state index in [0.717, 1.165) is 38.8 Å². The SMILES string of the molecule is O=C(O)c1ccc2nc(-c3ccc4[nH]ccc4c3)c(N3C=CC=CC=C3)cc2c1. The lowest BCUT2D eigenvalue weighted by atomic mass is 10.0. The number of carboxylic acid groups (broad SMARTS) is 1. The summed E-state index contributed by atoms with van der Waals surface area (Å²) in [5.41, 5.74) is 4.78. The average molecular weight is 379 g/mol. The number of hydrogen-bond donors (Lipinski definition) is 2. The Hall–Kier alpha value is -4.12. The third kappa shape index (κ3) is 3.08. The number of H-pyrrole nitrogens is 1. The number of carbonyl (C=O) groups is 1. The molecule has 5 nitrogen and oxygen atoms in total. The van der Waals surface area contributed by atoms with Crippen LogP contribution in [0.2, 0.25) is 0 Å². The van der Waals surface area contributed by atoms with Crippen LogP contribution in [-0.4, -0.2) is 21.0 Å². The van der Waals surface area contributed by atoms with Gasteiger partial charge in [-0.1, -0.05) is 18.2 Å². The summed E-state index contributed by atoms with van der Waals surface area (Å²) < 4.78 is 0. The Morgan fingerprint density at radius 2 is 1.72 bits per heavy atom. The Kier molecular flexibility index (Phi) is 3.99. The number of aromatic nitrogens is 2. The summed E-state index contributed by atoms with van der Waals surface area (Å²) >= 11 is 0. The molecule has 2 aromatic carbocycles. The van der Waals surface area contributed by atoms with Crippen LogP contribution < -0.4 is 4.90 Å². The fourth-order valence-corrected chi connectivity index (χ4v) is 3.53. The fourth-order valence-electron chi connectivity index (χ4n) is 3.53. The van der Waals surface area contributed by atoms with E-state index in [2.05, 4.69) is 11.1 Å². The van der Waals surface area contributed by atoms with Crippen molar-refractivity contribution >= 4 is 33.5 Å². The maximum Gasteiger partial charge on any atom is 0.335 e. The number of fused-ring (bicyclic) bond motifs is 2. The molecular weight excluding hydrogens is 362 g/mol. The lowest BCUT2D eigenvalue weighted by molar-refractivity contribution is 0.0697. The topological polar surface area (TPSA) is 69.2 Å². The van der Waals surface area contributed by atoms with Crippen LogP contribution in [0.15, 0.2) is 91.4 Å². The molecule has 0 unspecified atom stereocenters. The highest BCUT2D eigenvalue weighted by Gasteiger charge is 2.15. The van der Waals surface area contributed by atoms with E-state index in [4.69, 9.17) is 4.98 Å². The minimum Gasteiger partial charge on any atom is -0.478 e. The standard InChI is InChI=1S/C24H17N3O2/c28-24(29)18-6-8-21-19(14-18)15-22(27-11-3-1-2-4-12-27)23(26-21)17-5-7-20-16(13-17)9-10-25-20/h1-15,25H,(H,28,29). The first kappa shape index (κ1) is 17.0. The third-order valence-electron chi connectivity index (χ3n) is 4.97. The fraction of sp³-hybridized carbons (Fsp3) is 0. The zero-order chi connectivity index (χ0) is 19.8. The minimum absolute atomic E-state index is 0.246. The van der Waals surface area contributed by atoms with E-state index in [1.165, 1.54) is 0 Å². The van der Waals surface area contributed by atoms with Gasteiger partial charge in [-0.3, -0.25) is 0 Å². The highest BCUT2D eigenvalue weighted by atomic mass is 16.4. The molecule has 5 heteroatoms. The van der Waals surface area contributed by atoms with Gasteiger partial charge in [0.25, 0.3) is 0 Å². The molecule has 0 saturated carbocycles. The summed E-state index contributed by atoms with van der Waals surface area (Å²) in [6.07, 6.45) is 13.7. The Bertz CT molecular complexity index is 1330. The second-order valence-corrected chi connectivity index (χ2v) is 6.82. The van der Waals surface area contributed by atoms with E-state index in [9.17, 15) is 9.90 Å². The van der Waals surface area contributed by atoms with Gasteiger partial charge in [-0.05, 0) is 54.6 Å². The molecule has 0 spiro atoms. The number of anilines is 1. The van der Waals surface area contributed by atoms with Crippen molar-refractivity contribution in [3.63, 3.8) is 0 Å². The molecule has 140 valence electrons. The summed E-state index contributed by atoms with van der Waals surface area (Å²) in [5.74, 6) is -0.950. The van der Waals surface area contributed by atoms with E-state index in [0.29, 0.717) is 0 Å². The van der Waals surface area contributed by atoms with Gasteiger partial charge in [-0.2, -0.15) is 0 Å². The molecule has 2 N–H and O–H groups in total. The number of allylic oxidation sites excluding steroid dienone is 4. The van der Waals surface area contributed by atoms with Crippen LogP contribution in [0.3, 0.4) is 0 Å². The van der Waals surface area contributed by atoms with Crippen LogP contribution in [-0.2, 0) is 0 Å². The second kappa shape index (κ2) is 6.80. The van der Waals surface area contributed by atoms with Crippen LogP contribution in [0, 0.1) is 0 Å². The van der Waals surface area contributed by atoms with Crippen LogP contribution in [0.4, 0.5) is 5.69 Å². The van der Waals surface area contributed by atoms with Gasteiger partial charge in [0, 0.05) is 40.4 Å². The molecule has 0 amide bonds. The molecule has 29 heavy (non-hydrogen) atoms. The van der Waals surface area contributed by atoms with Crippen molar-refractivity contribution in [1.29, 1.82) is 0 Å². The monoisotopic (exact) mass is 379 g/mol. The maximum absolute atomic E-state index is 11.4. The average Bonchev–Trinajstić information content (AvgIpc) is 3.04. The van der Waals surface area contributed by atoms with Gasteiger partial charge in [-0.25, -0.2) is 9.78 Å². The Balaban J connectivity index is 1.76. The van der Waals surface area contributed by atoms with Crippen molar-refractivity contribution in [3.8, 4) is 11.3 Å². The summed E-state index contributed by atoms with van der Waals surface area (Å²) in [5, 5.41) is 11.2. The largest absolute Gasteiger partial charge is 0.478 e. The summed E-state index contributed by atoms with van der Waals surface area (Å²) in [4.78, 5) is 21.5. The van der Waals surface area contributed by atoms with Crippen molar-refractivity contribution in [2.24, 2.45) is 0 Å². The van der Waals surface area contributed by atoms with Crippen LogP contribution in [0.5, 0.6) is 0 Å². The zero-order valence-electron chi connectivity index (χ0n) is 15.4. The Morgan fingerprint density at radius 3 is 2.52 bits per heavy atom. The summed E-state index contributed by atoms with van der Waals surface area (Å²) in [7, 11) is 0. The number of pyridine rings is 1. The van der Waals surface area contributed by atoms with E-state index in [1.54, 1.807) is 18.2 Å². The molecule has 4 aromatic rings. The number of benzene rings is 2. The number of aromatic carboxylic acids is 1. The summed E-state index contributed by atoms with van der Waals surface area (Å²) in [6.45, 7) is 0. The molecule has 0 aliphatic carbocycles. The van der Waals surface area contributed by atoms with Gasteiger partial charge in [0.05, 0.1) is 22.5 Å². The first-order chi connectivity index (χ1) is 14.2. The molecule has 0 radical (unpaired) electrons. The molecule has 2 aromatic heterocycles. The van der Waals surface area contributed by atoms with Gasteiger partial charge in [0.15, 0.2) is 0 Å². The number of carboxylic acids is 1. The predicted octanol–water partition coefficient (Wildman–Crippen LogP) is 5.48. The number of nitrogens with zero attached hydrogens (tertiary/aromatic N) is 2. The van der Waals surface area contributed by atoms with E-state index in [-0.39, 0.29) is 5.56 Å². The molecule has 1 aliphatic heterocycles. The second-order valence-electron chi connectivity index (χ2n) is 6.82. The third-order valence-corrected chi connectivity index (χ3v) is 4.97. The highest BCUT2D eigenvalue weighted by molar-refractivity contribution is 5.97. The Labute approximate surface area is 166 Å².